The number of nitrogens with zero attached hydrogens (tertiary/aromatic N) is 2. The van der Waals surface area contributed by atoms with Gasteiger partial charge in [0.15, 0.2) is 17.5 Å². The number of rotatable bonds is 10. The number of hydrogen-bond acceptors (Lipinski definition) is 5. The Hall–Kier alpha value is -1.26. The van der Waals surface area contributed by atoms with E-state index in [-0.39, 0.29) is 24.0 Å². The Kier molecular flexibility index (Phi) is 12.5. The van der Waals surface area contributed by atoms with Gasteiger partial charge in [-0.3, -0.25) is 4.99 Å². The van der Waals surface area contributed by atoms with Gasteiger partial charge < -0.3 is 29.7 Å². The van der Waals surface area contributed by atoms with Crippen LogP contribution in [0.5, 0.6) is 11.5 Å². The van der Waals surface area contributed by atoms with Gasteiger partial charge in [0.25, 0.3) is 0 Å². The van der Waals surface area contributed by atoms with Crippen molar-refractivity contribution in [2.24, 2.45) is 10.9 Å². The molecule has 0 radical (unpaired) electrons. The highest BCUT2D eigenvalue weighted by Crippen LogP contribution is 2.34. The van der Waals surface area contributed by atoms with Crippen molar-refractivity contribution in [3.05, 3.63) is 23.8 Å². The second-order valence-corrected chi connectivity index (χ2v) is 8.56. The van der Waals surface area contributed by atoms with Crippen LogP contribution in [-0.2, 0) is 11.3 Å². The largest absolute Gasteiger partial charge is 0.493 e. The molecule has 1 heterocycles. The highest BCUT2D eigenvalue weighted by atomic mass is 127. The average Bonchev–Trinajstić information content (AvgIpc) is 3.32. The van der Waals surface area contributed by atoms with Crippen LogP contribution >= 0.6 is 24.0 Å². The molecule has 1 aliphatic carbocycles. The molecule has 2 fully saturated rings. The monoisotopic (exact) mass is 560 g/mol. The van der Waals surface area contributed by atoms with Gasteiger partial charge in [0, 0.05) is 39.4 Å². The standard InChI is InChI=1S/C24H40N4O3.HI/c1-25-24(26-17-19-11-13-28(14-12-19)15-16-29-2)27-18-20-7-6-10-22(30-3)23(20)31-21-8-4-5-9-21;/h6-7,10,19,21H,4-5,8-9,11-18H2,1-3H3,(H2,25,26,27);1H. The van der Waals surface area contributed by atoms with Crippen molar-refractivity contribution in [3.8, 4) is 11.5 Å². The maximum atomic E-state index is 6.35. The Morgan fingerprint density at radius 2 is 1.84 bits per heavy atom. The van der Waals surface area contributed by atoms with Crippen molar-refractivity contribution in [1.29, 1.82) is 0 Å². The molecule has 0 amide bonds. The summed E-state index contributed by atoms with van der Waals surface area (Å²) in [5.74, 6) is 3.17. The van der Waals surface area contributed by atoms with E-state index in [0.29, 0.717) is 18.6 Å². The van der Waals surface area contributed by atoms with Crippen molar-refractivity contribution in [2.45, 2.75) is 51.2 Å². The Bertz CT molecular complexity index is 690. The molecule has 182 valence electrons. The number of guanidine groups is 1. The third-order valence-electron chi connectivity index (χ3n) is 6.41. The Balaban J connectivity index is 0.00000363. The second kappa shape index (κ2) is 14.8. The van der Waals surface area contributed by atoms with Crippen LogP contribution in [0.1, 0.15) is 44.1 Å². The minimum Gasteiger partial charge on any atom is -0.493 e. The molecule has 1 saturated carbocycles. The van der Waals surface area contributed by atoms with Gasteiger partial charge in [-0.1, -0.05) is 12.1 Å². The Labute approximate surface area is 210 Å². The number of likely N-dealkylation sites (tertiary alicyclic amines) is 1. The summed E-state index contributed by atoms with van der Waals surface area (Å²) in [4.78, 5) is 6.90. The van der Waals surface area contributed by atoms with Crippen molar-refractivity contribution >= 4 is 29.9 Å². The fourth-order valence-corrected chi connectivity index (χ4v) is 4.44. The lowest BCUT2D eigenvalue weighted by Crippen LogP contribution is -2.43. The number of ether oxygens (including phenoxy) is 3. The number of benzene rings is 1. The molecule has 1 aromatic carbocycles. The van der Waals surface area contributed by atoms with Crippen LogP contribution in [0.3, 0.4) is 0 Å². The SMILES string of the molecule is CN=C(NCc1cccc(OC)c1OC1CCCC1)NCC1CCN(CCOC)CC1.I. The zero-order valence-electron chi connectivity index (χ0n) is 19.9. The van der Waals surface area contributed by atoms with E-state index in [1.807, 2.05) is 19.2 Å². The first-order valence-corrected chi connectivity index (χ1v) is 11.7. The van der Waals surface area contributed by atoms with E-state index in [4.69, 9.17) is 14.2 Å². The van der Waals surface area contributed by atoms with Gasteiger partial charge in [0.1, 0.15) is 0 Å². The fraction of sp³-hybridized carbons (Fsp3) is 0.708. The van der Waals surface area contributed by atoms with E-state index in [2.05, 4.69) is 26.6 Å². The number of para-hydroxylation sites is 1. The van der Waals surface area contributed by atoms with E-state index in [1.54, 1.807) is 14.2 Å². The van der Waals surface area contributed by atoms with Crippen LogP contribution in [0.2, 0.25) is 0 Å². The lowest BCUT2D eigenvalue weighted by Gasteiger charge is -2.32. The normalized spacial score (nSPS) is 18.3. The van der Waals surface area contributed by atoms with Crippen molar-refractivity contribution in [3.63, 3.8) is 0 Å². The summed E-state index contributed by atoms with van der Waals surface area (Å²) in [6, 6.07) is 6.09. The second-order valence-electron chi connectivity index (χ2n) is 8.56. The topological polar surface area (TPSA) is 67.4 Å². The van der Waals surface area contributed by atoms with Crippen LogP contribution in [0, 0.1) is 5.92 Å². The van der Waals surface area contributed by atoms with E-state index < -0.39 is 0 Å². The van der Waals surface area contributed by atoms with E-state index in [1.165, 1.54) is 25.7 Å². The van der Waals surface area contributed by atoms with E-state index in [0.717, 1.165) is 68.6 Å². The number of piperidine rings is 1. The van der Waals surface area contributed by atoms with Crippen LogP contribution in [-0.4, -0.2) is 71.0 Å². The smallest absolute Gasteiger partial charge is 0.191 e. The fourth-order valence-electron chi connectivity index (χ4n) is 4.44. The molecule has 0 bridgehead atoms. The van der Waals surface area contributed by atoms with Crippen LogP contribution in [0.4, 0.5) is 0 Å². The molecule has 1 aromatic rings. The highest BCUT2D eigenvalue weighted by Gasteiger charge is 2.21. The molecular weight excluding hydrogens is 519 g/mol. The summed E-state index contributed by atoms with van der Waals surface area (Å²) >= 11 is 0. The highest BCUT2D eigenvalue weighted by molar-refractivity contribution is 14.0. The number of hydrogen-bond donors (Lipinski definition) is 2. The maximum Gasteiger partial charge on any atom is 0.191 e. The van der Waals surface area contributed by atoms with Gasteiger partial charge in [-0.05, 0) is 63.6 Å². The molecule has 8 heteroatoms. The van der Waals surface area contributed by atoms with Gasteiger partial charge in [0.05, 0.1) is 19.8 Å². The number of nitrogens with one attached hydrogen (secondary N) is 2. The molecule has 3 rings (SSSR count). The van der Waals surface area contributed by atoms with Crippen LogP contribution < -0.4 is 20.1 Å². The van der Waals surface area contributed by atoms with Crippen LogP contribution in [0.25, 0.3) is 0 Å². The lowest BCUT2D eigenvalue weighted by atomic mass is 9.97. The zero-order chi connectivity index (χ0) is 21.9. The van der Waals surface area contributed by atoms with E-state index >= 15 is 0 Å². The summed E-state index contributed by atoms with van der Waals surface area (Å²) in [6.45, 7) is 5.73. The molecule has 32 heavy (non-hydrogen) atoms. The first-order valence-electron chi connectivity index (χ1n) is 11.7. The van der Waals surface area contributed by atoms with Crippen molar-refractivity contribution in [1.82, 2.24) is 15.5 Å². The minimum atomic E-state index is 0. The summed E-state index contributed by atoms with van der Waals surface area (Å²) in [7, 11) is 5.30. The third-order valence-corrected chi connectivity index (χ3v) is 6.41. The predicted octanol–water partition coefficient (Wildman–Crippen LogP) is 3.66. The molecular formula is C24H41IN4O3. The first kappa shape index (κ1) is 27.0. The number of methoxy groups -OCH3 is 2. The molecule has 2 aliphatic rings. The summed E-state index contributed by atoms with van der Waals surface area (Å²) in [6.07, 6.45) is 7.45. The van der Waals surface area contributed by atoms with Crippen molar-refractivity contribution < 1.29 is 14.2 Å². The summed E-state index contributed by atoms with van der Waals surface area (Å²) < 4.78 is 17.1. The summed E-state index contributed by atoms with van der Waals surface area (Å²) in [5.41, 5.74) is 1.10. The third kappa shape index (κ3) is 8.26. The van der Waals surface area contributed by atoms with Gasteiger partial charge >= 0.3 is 0 Å². The quantitative estimate of drug-likeness (QED) is 0.259. The Morgan fingerprint density at radius 1 is 1.09 bits per heavy atom. The zero-order valence-corrected chi connectivity index (χ0v) is 22.2. The molecule has 2 N–H and O–H groups in total. The molecule has 1 aliphatic heterocycles. The predicted molar refractivity (Wildman–Crippen MR) is 141 cm³/mol. The maximum absolute atomic E-state index is 6.35. The average molecular weight is 561 g/mol. The van der Waals surface area contributed by atoms with Gasteiger partial charge in [-0.2, -0.15) is 0 Å². The number of halogens is 1. The molecule has 0 atom stereocenters. The summed E-state index contributed by atoms with van der Waals surface area (Å²) in [5, 5.41) is 6.97. The molecule has 0 aromatic heterocycles. The lowest BCUT2D eigenvalue weighted by molar-refractivity contribution is 0.121. The Morgan fingerprint density at radius 3 is 2.50 bits per heavy atom. The van der Waals surface area contributed by atoms with E-state index in [9.17, 15) is 0 Å². The molecule has 0 unspecified atom stereocenters. The van der Waals surface area contributed by atoms with Gasteiger partial charge in [-0.25, -0.2) is 0 Å². The van der Waals surface area contributed by atoms with Crippen LogP contribution in [0.15, 0.2) is 23.2 Å². The number of aliphatic imine (C=N–C) groups is 1. The molecule has 0 spiro atoms. The van der Waals surface area contributed by atoms with Crippen molar-refractivity contribution in [2.75, 3.05) is 54.1 Å². The molecule has 7 nitrogen and oxygen atoms in total. The molecule has 1 saturated heterocycles. The minimum absolute atomic E-state index is 0. The van der Waals surface area contributed by atoms with Gasteiger partial charge in [0.2, 0.25) is 0 Å². The van der Waals surface area contributed by atoms with Gasteiger partial charge in [-0.15, -0.1) is 24.0 Å². The first-order chi connectivity index (χ1) is 15.2.